The zero-order chi connectivity index (χ0) is 12.5. The van der Waals surface area contributed by atoms with Crippen LogP contribution in [0.5, 0.6) is 0 Å². The normalized spacial score (nSPS) is 10.7. The van der Waals surface area contributed by atoms with E-state index in [9.17, 15) is 4.79 Å². The highest BCUT2D eigenvalue weighted by molar-refractivity contribution is 5.92. The van der Waals surface area contributed by atoms with Crippen molar-refractivity contribution >= 4 is 16.6 Å². The number of pyridine rings is 1. The summed E-state index contributed by atoms with van der Waals surface area (Å²) in [6, 6.07) is 9.67. The molecule has 4 heteroatoms. The van der Waals surface area contributed by atoms with Crippen LogP contribution in [0.25, 0.3) is 16.5 Å². The van der Waals surface area contributed by atoms with E-state index < -0.39 is 0 Å². The van der Waals surface area contributed by atoms with Crippen LogP contribution in [-0.4, -0.2) is 20.5 Å². The summed E-state index contributed by atoms with van der Waals surface area (Å²) < 4.78 is 1.69. The van der Waals surface area contributed by atoms with Crippen LogP contribution in [0.4, 0.5) is 0 Å². The van der Waals surface area contributed by atoms with Gasteiger partial charge < -0.3 is 0 Å². The van der Waals surface area contributed by atoms with Gasteiger partial charge in [-0.2, -0.15) is 5.10 Å². The van der Waals surface area contributed by atoms with Crippen LogP contribution >= 0.6 is 0 Å². The molecular formula is C14H11N3O. The molecule has 0 radical (unpaired) electrons. The number of hydrogen-bond donors (Lipinski definition) is 0. The first-order chi connectivity index (χ1) is 8.75. The predicted molar refractivity (Wildman–Crippen MR) is 68.9 cm³/mol. The Morgan fingerprint density at radius 1 is 1.17 bits per heavy atom. The maximum atomic E-state index is 11.3. The second kappa shape index (κ2) is 4.07. The molecule has 0 unspecified atom stereocenters. The molecule has 0 aliphatic carbocycles. The zero-order valence-corrected chi connectivity index (χ0v) is 9.87. The predicted octanol–water partition coefficient (Wildman–Crippen LogP) is 2.62. The van der Waals surface area contributed by atoms with Crippen molar-refractivity contribution in [2.75, 3.05) is 0 Å². The lowest BCUT2D eigenvalue weighted by atomic mass is 10.1. The largest absolute Gasteiger partial charge is 0.293 e. The lowest BCUT2D eigenvalue weighted by Crippen LogP contribution is -2.00. The van der Waals surface area contributed by atoms with E-state index in [1.54, 1.807) is 23.1 Å². The average molecular weight is 237 g/mol. The molecule has 2 heterocycles. The molecule has 0 amide bonds. The molecule has 88 valence electrons. The van der Waals surface area contributed by atoms with Crippen molar-refractivity contribution in [3.63, 3.8) is 0 Å². The van der Waals surface area contributed by atoms with Gasteiger partial charge in [-0.05, 0) is 6.07 Å². The first-order valence-corrected chi connectivity index (χ1v) is 5.65. The quantitative estimate of drug-likeness (QED) is 0.644. The van der Waals surface area contributed by atoms with Crippen LogP contribution in [0.15, 0.2) is 48.9 Å². The summed E-state index contributed by atoms with van der Waals surface area (Å²) in [4.78, 5) is 15.5. The number of benzene rings is 1. The highest BCUT2D eigenvalue weighted by Gasteiger charge is 2.07. The number of ketones is 1. The molecular weight excluding hydrogens is 226 g/mol. The molecule has 0 spiro atoms. The maximum Gasteiger partial charge on any atom is 0.179 e. The number of carbonyl (C=O) groups excluding carboxylic acids is 1. The third-order valence-corrected chi connectivity index (χ3v) is 2.84. The molecule has 4 nitrogen and oxygen atoms in total. The van der Waals surface area contributed by atoms with Gasteiger partial charge in [0, 0.05) is 30.1 Å². The molecule has 0 bridgehead atoms. The third kappa shape index (κ3) is 1.68. The average Bonchev–Trinajstić information content (AvgIpc) is 2.87. The van der Waals surface area contributed by atoms with Crippen LogP contribution in [0.2, 0.25) is 0 Å². The summed E-state index contributed by atoms with van der Waals surface area (Å²) >= 11 is 0. The molecule has 0 atom stereocenters. The molecule has 0 fully saturated rings. The Balaban J connectivity index is 2.21. The lowest BCUT2D eigenvalue weighted by molar-refractivity contribution is 0.101. The summed E-state index contributed by atoms with van der Waals surface area (Å²) in [6.45, 7) is 1.51. The number of rotatable bonds is 2. The standard InChI is InChI=1S/C14H11N3O/c1-10(18)13-6-7-17(16-13)14-9-15-8-11-4-2-3-5-12(11)14/h2-9H,1H3. The summed E-state index contributed by atoms with van der Waals surface area (Å²) in [7, 11) is 0. The van der Waals surface area contributed by atoms with E-state index in [0.29, 0.717) is 5.69 Å². The minimum absolute atomic E-state index is 0.0399. The van der Waals surface area contributed by atoms with Gasteiger partial charge in [0.1, 0.15) is 5.69 Å². The van der Waals surface area contributed by atoms with Crippen molar-refractivity contribution in [3.8, 4) is 5.69 Å². The number of Topliss-reactive ketones (excluding diaryl/α,β-unsaturated/α-hetero) is 1. The minimum atomic E-state index is -0.0399. The molecule has 0 saturated heterocycles. The van der Waals surface area contributed by atoms with E-state index in [-0.39, 0.29) is 5.78 Å². The van der Waals surface area contributed by atoms with Crippen molar-refractivity contribution in [3.05, 3.63) is 54.6 Å². The Morgan fingerprint density at radius 3 is 2.78 bits per heavy atom. The van der Waals surface area contributed by atoms with E-state index in [4.69, 9.17) is 0 Å². The fourth-order valence-electron chi connectivity index (χ4n) is 1.93. The second-order valence-electron chi connectivity index (χ2n) is 4.08. The molecule has 0 saturated carbocycles. The highest BCUT2D eigenvalue weighted by atomic mass is 16.1. The van der Waals surface area contributed by atoms with Crippen molar-refractivity contribution in [1.82, 2.24) is 14.8 Å². The summed E-state index contributed by atoms with van der Waals surface area (Å²) in [6.07, 6.45) is 5.34. The lowest BCUT2D eigenvalue weighted by Gasteiger charge is -2.05. The molecule has 0 aliphatic rings. The molecule has 1 aromatic carbocycles. The zero-order valence-electron chi connectivity index (χ0n) is 9.87. The fraction of sp³-hybridized carbons (Fsp3) is 0.0714. The highest BCUT2D eigenvalue weighted by Crippen LogP contribution is 2.20. The Labute approximate surface area is 104 Å². The van der Waals surface area contributed by atoms with Gasteiger partial charge in [-0.3, -0.25) is 9.78 Å². The molecule has 3 aromatic rings. The first-order valence-electron chi connectivity index (χ1n) is 5.65. The Hall–Kier alpha value is -2.49. The van der Waals surface area contributed by atoms with Gasteiger partial charge in [0.15, 0.2) is 5.78 Å². The van der Waals surface area contributed by atoms with E-state index in [1.165, 1.54) is 6.92 Å². The van der Waals surface area contributed by atoms with Gasteiger partial charge >= 0.3 is 0 Å². The van der Waals surface area contributed by atoms with Crippen LogP contribution in [0.1, 0.15) is 17.4 Å². The monoisotopic (exact) mass is 237 g/mol. The van der Waals surface area contributed by atoms with Crippen LogP contribution < -0.4 is 0 Å². The van der Waals surface area contributed by atoms with Crippen molar-refractivity contribution in [2.24, 2.45) is 0 Å². The van der Waals surface area contributed by atoms with E-state index in [2.05, 4.69) is 10.1 Å². The minimum Gasteiger partial charge on any atom is -0.293 e. The Morgan fingerprint density at radius 2 is 2.00 bits per heavy atom. The van der Waals surface area contributed by atoms with Crippen LogP contribution in [0.3, 0.4) is 0 Å². The third-order valence-electron chi connectivity index (χ3n) is 2.84. The summed E-state index contributed by atoms with van der Waals surface area (Å²) in [5.41, 5.74) is 1.34. The summed E-state index contributed by atoms with van der Waals surface area (Å²) in [5.74, 6) is -0.0399. The van der Waals surface area contributed by atoms with E-state index >= 15 is 0 Å². The number of nitrogens with zero attached hydrogens (tertiary/aromatic N) is 3. The van der Waals surface area contributed by atoms with Gasteiger partial charge in [0.05, 0.1) is 11.9 Å². The van der Waals surface area contributed by atoms with Gasteiger partial charge in [0.2, 0.25) is 0 Å². The van der Waals surface area contributed by atoms with Gasteiger partial charge in [-0.15, -0.1) is 0 Å². The van der Waals surface area contributed by atoms with E-state index in [0.717, 1.165) is 16.5 Å². The van der Waals surface area contributed by atoms with Crippen LogP contribution in [-0.2, 0) is 0 Å². The summed E-state index contributed by atoms with van der Waals surface area (Å²) in [5, 5.41) is 6.37. The second-order valence-corrected chi connectivity index (χ2v) is 4.08. The van der Waals surface area contributed by atoms with Crippen molar-refractivity contribution in [2.45, 2.75) is 6.92 Å². The first kappa shape index (κ1) is 10.7. The Bertz CT molecular complexity index is 725. The van der Waals surface area contributed by atoms with Gasteiger partial charge in [-0.25, -0.2) is 4.68 Å². The maximum absolute atomic E-state index is 11.3. The number of hydrogen-bond acceptors (Lipinski definition) is 3. The molecule has 0 N–H and O–H groups in total. The van der Waals surface area contributed by atoms with E-state index in [1.807, 2.05) is 30.5 Å². The Kier molecular flexibility index (Phi) is 2.41. The van der Waals surface area contributed by atoms with Gasteiger partial charge in [-0.1, -0.05) is 24.3 Å². The molecule has 2 aromatic heterocycles. The smallest absolute Gasteiger partial charge is 0.179 e. The van der Waals surface area contributed by atoms with Crippen molar-refractivity contribution in [1.29, 1.82) is 0 Å². The van der Waals surface area contributed by atoms with Gasteiger partial charge in [0.25, 0.3) is 0 Å². The molecule has 0 aliphatic heterocycles. The SMILES string of the molecule is CC(=O)c1ccn(-c2cncc3ccccc23)n1. The van der Waals surface area contributed by atoms with Crippen molar-refractivity contribution < 1.29 is 4.79 Å². The fourth-order valence-corrected chi connectivity index (χ4v) is 1.93. The van der Waals surface area contributed by atoms with Crippen LogP contribution in [0, 0.1) is 0 Å². The molecule has 18 heavy (non-hydrogen) atoms. The number of fused-ring (bicyclic) bond motifs is 1. The topological polar surface area (TPSA) is 47.8 Å². The molecule has 3 rings (SSSR count). The number of aromatic nitrogens is 3. The number of carbonyl (C=O) groups is 1.